The summed E-state index contributed by atoms with van der Waals surface area (Å²) in [5.41, 5.74) is -0.173. The Hall–Kier alpha value is -0.800. The Morgan fingerprint density at radius 2 is 2.13 bits per heavy atom. The predicted octanol–water partition coefficient (Wildman–Crippen LogP) is 3.05. The Kier molecular flexibility index (Phi) is 3.94. The highest BCUT2D eigenvalue weighted by Gasteiger charge is 2.11. The van der Waals surface area contributed by atoms with E-state index >= 15 is 0 Å². The molecule has 0 aromatic heterocycles. The standard InChI is InChI=1S/C11H15ClFNO/c1-11(2,15)5-6-14-10-7-8(13)3-4-9(10)12/h3-4,7,14-15H,5-6H2,1-2H3. The van der Waals surface area contributed by atoms with E-state index in [0.717, 1.165) is 0 Å². The van der Waals surface area contributed by atoms with Crippen molar-refractivity contribution in [3.05, 3.63) is 29.0 Å². The molecule has 2 N–H and O–H groups in total. The number of anilines is 1. The highest BCUT2D eigenvalue weighted by atomic mass is 35.5. The molecule has 4 heteroatoms. The Morgan fingerprint density at radius 3 is 2.73 bits per heavy atom. The Balaban J connectivity index is 2.54. The molecule has 0 bridgehead atoms. The molecule has 0 fully saturated rings. The molecular weight excluding hydrogens is 217 g/mol. The van der Waals surface area contributed by atoms with Crippen LogP contribution in [0.15, 0.2) is 18.2 Å². The summed E-state index contributed by atoms with van der Waals surface area (Å²) in [6.45, 7) is 4.00. The zero-order chi connectivity index (χ0) is 11.5. The molecule has 0 heterocycles. The van der Waals surface area contributed by atoms with Gasteiger partial charge >= 0.3 is 0 Å². The van der Waals surface area contributed by atoms with Crippen molar-refractivity contribution in [3.63, 3.8) is 0 Å². The van der Waals surface area contributed by atoms with Gasteiger partial charge in [0, 0.05) is 6.54 Å². The number of halogens is 2. The van der Waals surface area contributed by atoms with Crippen molar-refractivity contribution in [2.24, 2.45) is 0 Å². The van der Waals surface area contributed by atoms with Crippen molar-refractivity contribution >= 4 is 17.3 Å². The van der Waals surface area contributed by atoms with Crippen molar-refractivity contribution < 1.29 is 9.50 Å². The number of rotatable bonds is 4. The first-order chi connectivity index (χ1) is 6.88. The largest absolute Gasteiger partial charge is 0.390 e. The zero-order valence-electron chi connectivity index (χ0n) is 8.85. The Labute approximate surface area is 94.1 Å². The summed E-state index contributed by atoms with van der Waals surface area (Å²) < 4.78 is 12.9. The third-order valence-corrected chi connectivity index (χ3v) is 2.31. The van der Waals surface area contributed by atoms with E-state index in [-0.39, 0.29) is 5.82 Å². The first-order valence-corrected chi connectivity index (χ1v) is 5.17. The van der Waals surface area contributed by atoms with Crippen molar-refractivity contribution in [2.75, 3.05) is 11.9 Å². The summed E-state index contributed by atoms with van der Waals surface area (Å²) >= 11 is 5.85. The summed E-state index contributed by atoms with van der Waals surface area (Å²) in [6.07, 6.45) is 0.569. The highest BCUT2D eigenvalue weighted by Crippen LogP contribution is 2.22. The number of benzene rings is 1. The van der Waals surface area contributed by atoms with E-state index in [1.165, 1.54) is 18.2 Å². The fourth-order valence-corrected chi connectivity index (χ4v) is 1.32. The van der Waals surface area contributed by atoms with Gasteiger partial charge in [0.05, 0.1) is 16.3 Å². The lowest BCUT2D eigenvalue weighted by atomic mass is 10.1. The van der Waals surface area contributed by atoms with E-state index in [0.29, 0.717) is 23.7 Å². The molecule has 2 nitrogen and oxygen atoms in total. The fourth-order valence-electron chi connectivity index (χ4n) is 1.14. The molecule has 0 amide bonds. The molecule has 0 radical (unpaired) electrons. The fraction of sp³-hybridized carbons (Fsp3) is 0.455. The number of hydrogen-bond donors (Lipinski definition) is 2. The maximum Gasteiger partial charge on any atom is 0.125 e. The van der Waals surface area contributed by atoms with Gasteiger partial charge in [0.15, 0.2) is 0 Å². The molecular formula is C11H15ClFNO. The third-order valence-electron chi connectivity index (χ3n) is 1.98. The summed E-state index contributed by atoms with van der Waals surface area (Å²) in [7, 11) is 0. The van der Waals surface area contributed by atoms with Gasteiger partial charge in [-0.1, -0.05) is 11.6 Å². The van der Waals surface area contributed by atoms with Crippen LogP contribution in [0.4, 0.5) is 10.1 Å². The van der Waals surface area contributed by atoms with Crippen LogP contribution in [0.3, 0.4) is 0 Å². The van der Waals surface area contributed by atoms with E-state index in [4.69, 9.17) is 11.6 Å². The van der Waals surface area contributed by atoms with Crippen LogP contribution in [0.5, 0.6) is 0 Å². The summed E-state index contributed by atoms with van der Waals surface area (Å²) in [4.78, 5) is 0. The first-order valence-electron chi connectivity index (χ1n) is 4.80. The van der Waals surface area contributed by atoms with E-state index in [1.807, 2.05) is 0 Å². The lowest BCUT2D eigenvalue weighted by Gasteiger charge is -2.17. The average Bonchev–Trinajstić information content (AvgIpc) is 2.09. The molecule has 0 aliphatic carbocycles. The van der Waals surface area contributed by atoms with Crippen LogP contribution in [0.25, 0.3) is 0 Å². The molecule has 1 aromatic rings. The van der Waals surface area contributed by atoms with Gasteiger partial charge in [-0.3, -0.25) is 0 Å². The number of nitrogens with one attached hydrogen (secondary N) is 1. The Bertz CT molecular complexity index is 336. The SMILES string of the molecule is CC(C)(O)CCNc1cc(F)ccc1Cl. The van der Waals surface area contributed by atoms with Gasteiger partial charge in [-0.2, -0.15) is 0 Å². The van der Waals surface area contributed by atoms with Crippen molar-refractivity contribution in [1.29, 1.82) is 0 Å². The second-order valence-electron chi connectivity index (χ2n) is 4.11. The minimum Gasteiger partial charge on any atom is -0.390 e. The minimum atomic E-state index is -0.729. The van der Waals surface area contributed by atoms with E-state index in [9.17, 15) is 9.50 Å². The smallest absolute Gasteiger partial charge is 0.125 e. The molecule has 0 unspecified atom stereocenters. The molecule has 1 aromatic carbocycles. The number of aliphatic hydroxyl groups is 1. The summed E-state index contributed by atoms with van der Waals surface area (Å²) in [5, 5.41) is 12.9. The number of hydrogen-bond acceptors (Lipinski definition) is 2. The molecule has 0 saturated carbocycles. The van der Waals surface area contributed by atoms with Gasteiger partial charge in [0.25, 0.3) is 0 Å². The summed E-state index contributed by atoms with van der Waals surface area (Å²) in [6, 6.07) is 4.15. The molecule has 0 atom stereocenters. The van der Waals surface area contributed by atoms with Crippen LogP contribution in [-0.4, -0.2) is 17.3 Å². The molecule has 0 aliphatic heterocycles. The highest BCUT2D eigenvalue weighted by molar-refractivity contribution is 6.33. The van der Waals surface area contributed by atoms with Crippen LogP contribution in [0, 0.1) is 5.82 Å². The van der Waals surface area contributed by atoms with Gasteiger partial charge in [-0.25, -0.2) is 4.39 Å². The van der Waals surface area contributed by atoms with Gasteiger partial charge in [-0.15, -0.1) is 0 Å². The predicted molar refractivity (Wildman–Crippen MR) is 60.8 cm³/mol. The quantitative estimate of drug-likeness (QED) is 0.835. The first kappa shape index (κ1) is 12.3. The van der Waals surface area contributed by atoms with E-state index in [2.05, 4.69) is 5.32 Å². The minimum absolute atomic E-state index is 0.329. The van der Waals surface area contributed by atoms with Crippen molar-refractivity contribution in [2.45, 2.75) is 25.9 Å². The molecule has 1 rings (SSSR count). The van der Waals surface area contributed by atoms with Crippen LogP contribution in [0.2, 0.25) is 5.02 Å². The monoisotopic (exact) mass is 231 g/mol. The molecule has 0 saturated heterocycles. The van der Waals surface area contributed by atoms with E-state index in [1.54, 1.807) is 13.8 Å². The topological polar surface area (TPSA) is 32.3 Å². The average molecular weight is 232 g/mol. The molecule has 0 aliphatic rings. The summed E-state index contributed by atoms with van der Waals surface area (Å²) in [5.74, 6) is -0.329. The molecule has 84 valence electrons. The van der Waals surface area contributed by atoms with Crippen molar-refractivity contribution in [3.8, 4) is 0 Å². The van der Waals surface area contributed by atoms with Crippen LogP contribution >= 0.6 is 11.6 Å². The maximum atomic E-state index is 12.9. The lowest BCUT2D eigenvalue weighted by molar-refractivity contribution is 0.0749. The second kappa shape index (κ2) is 4.81. The molecule has 15 heavy (non-hydrogen) atoms. The third kappa shape index (κ3) is 4.49. The normalized spacial score (nSPS) is 11.5. The van der Waals surface area contributed by atoms with Crippen LogP contribution in [0.1, 0.15) is 20.3 Å². The van der Waals surface area contributed by atoms with Crippen molar-refractivity contribution in [1.82, 2.24) is 0 Å². The van der Waals surface area contributed by atoms with Gasteiger partial charge in [-0.05, 0) is 38.5 Å². The maximum absolute atomic E-state index is 12.9. The van der Waals surface area contributed by atoms with E-state index < -0.39 is 5.60 Å². The van der Waals surface area contributed by atoms with Gasteiger partial charge < -0.3 is 10.4 Å². The van der Waals surface area contributed by atoms with Crippen LogP contribution in [-0.2, 0) is 0 Å². The lowest BCUT2D eigenvalue weighted by Crippen LogP contribution is -2.22. The second-order valence-corrected chi connectivity index (χ2v) is 4.52. The molecule has 0 spiro atoms. The Morgan fingerprint density at radius 1 is 1.47 bits per heavy atom. The van der Waals surface area contributed by atoms with Crippen LogP contribution < -0.4 is 5.32 Å². The zero-order valence-corrected chi connectivity index (χ0v) is 9.61. The van der Waals surface area contributed by atoms with Gasteiger partial charge in [0.2, 0.25) is 0 Å². The van der Waals surface area contributed by atoms with Gasteiger partial charge in [0.1, 0.15) is 5.82 Å².